The quantitative estimate of drug-likeness (QED) is 0.563. The smallest absolute Gasteiger partial charge is 0.223 e. The molecule has 3 aliphatic rings. The Kier molecular flexibility index (Phi) is 3.39. The fourth-order valence-corrected chi connectivity index (χ4v) is 3.29. The van der Waals surface area contributed by atoms with E-state index < -0.39 is 18.2 Å². The number of ketones is 1. The van der Waals surface area contributed by atoms with Gasteiger partial charge in [0.2, 0.25) is 12.6 Å². The van der Waals surface area contributed by atoms with Gasteiger partial charge in [-0.2, -0.15) is 9.78 Å². The SMILES string of the molecule is COCCC[C@@]12O[C@@H]([C@H]3OO[C@@H]1O3)[C@@H](C)C(=O)[C@H]2C. The number of carbonyl (C=O) groups excluding carboxylic acids is 1. The van der Waals surface area contributed by atoms with E-state index in [1.54, 1.807) is 7.11 Å². The molecule has 19 heavy (non-hydrogen) atoms. The lowest BCUT2D eigenvalue weighted by atomic mass is 9.72. The van der Waals surface area contributed by atoms with Crippen LogP contribution >= 0.6 is 0 Å². The summed E-state index contributed by atoms with van der Waals surface area (Å²) in [5, 5.41) is 0. The summed E-state index contributed by atoms with van der Waals surface area (Å²) in [5.41, 5.74) is -0.750. The first-order valence-corrected chi connectivity index (χ1v) is 6.78. The van der Waals surface area contributed by atoms with Crippen molar-refractivity contribution in [2.45, 2.75) is 51.0 Å². The molecule has 0 aromatic rings. The molecule has 0 spiro atoms. The molecule has 0 N–H and O–H groups in total. The number of rotatable bonds is 4. The zero-order valence-corrected chi connectivity index (χ0v) is 11.5. The van der Waals surface area contributed by atoms with Crippen molar-refractivity contribution < 1.29 is 28.8 Å². The summed E-state index contributed by atoms with van der Waals surface area (Å²) in [5.74, 6) is -0.317. The summed E-state index contributed by atoms with van der Waals surface area (Å²) in [6.45, 7) is 4.35. The van der Waals surface area contributed by atoms with Crippen LogP contribution < -0.4 is 0 Å². The van der Waals surface area contributed by atoms with Crippen LogP contribution in [0.3, 0.4) is 0 Å². The van der Waals surface area contributed by atoms with Crippen molar-refractivity contribution in [1.29, 1.82) is 0 Å². The summed E-state index contributed by atoms with van der Waals surface area (Å²) in [6, 6.07) is 0. The lowest BCUT2D eigenvalue weighted by molar-refractivity contribution is -0.319. The van der Waals surface area contributed by atoms with Crippen molar-refractivity contribution in [3.63, 3.8) is 0 Å². The van der Waals surface area contributed by atoms with E-state index in [1.807, 2.05) is 13.8 Å². The van der Waals surface area contributed by atoms with E-state index in [4.69, 9.17) is 24.0 Å². The highest BCUT2D eigenvalue weighted by atomic mass is 17.3. The Morgan fingerprint density at radius 2 is 2.11 bits per heavy atom. The molecule has 3 heterocycles. The average Bonchev–Trinajstić information content (AvgIpc) is 2.85. The molecular formula is C13H20O6. The monoisotopic (exact) mass is 272 g/mol. The molecule has 0 unspecified atom stereocenters. The van der Waals surface area contributed by atoms with E-state index in [1.165, 1.54) is 0 Å². The molecular weight excluding hydrogens is 252 g/mol. The minimum atomic E-state index is -0.750. The minimum absolute atomic E-state index is 0.195. The first-order valence-electron chi connectivity index (χ1n) is 6.78. The molecule has 0 aromatic carbocycles. The highest BCUT2D eigenvalue weighted by Gasteiger charge is 2.65. The highest BCUT2D eigenvalue weighted by molar-refractivity contribution is 5.85. The van der Waals surface area contributed by atoms with Crippen molar-refractivity contribution in [1.82, 2.24) is 0 Å². The van der Waals surface area contributed by atoms with Crippen molar-refractivity contribution in [2.24, 2.45) is 11.8 Å². The molecule has 3 rings (SSSR count). The Hall–Kier alpha value is -0.530. The largest absolute Gasteiger partial charge is 0.385 e. The molecule has 0 amide bonds. The Balaban J connectivity index is 1.88. The highest BCUT2D eigenvalue weighted by Crippen LogP contribution is 2.49. The van der Waals surface area contributed by atoms with E-state index >= 15 is 0 Å². The van der Waals surface area contributed by atoms with E-state index in [9.17, 15) is 4.79 Å². The van der Waals surface area contributed by atoms with Crippen LogP contribution in [0.15, 0.2) is 0 Å². The Morgan fingerprint density at radius 1 is 1.32 bits per heavy atom. The van der Waals surface area contributed by atoms with Crippen LogP contribution in [0.4, 0.5) is 0 Å². The molecule has 0 radical (unpaired) electrons. The van der Waals surface area contributed by atoms with Crippen LogP contribution in [-0.4, -0.2) is 43.8 Å². The van der Waals surface area contributed by atoms with Gasteiger partial charge >= 0.3 is 0 Å². The first-order chi connectivity index (χ1) is 9.10. The second-order valence-corrected chi connectivity index (χ2v) is 5.58. The van der Waals surface area contributed by atoms with Gasteiger partial charge < -0.3 is 14.2 Å². The Bertz CT molecular complexity index is 372. The zero-order chi connectivity index (χ0) is 13.6. The number of hydrogen-bond acceptors (Lipinski definition) is 6. The molecule has 3 saturated heterocycles. The molecule has 3 fully saturated rings. The maximum Gasteiger partial charge on any atom is 0.223 e. The van der Waals surface area contributed by atoms with Gasteiger partial charge in [-0.05, 0) is 12.8 Å². The number of carbonyl (C=O) groups is 1. The molecule has 4 bridgehead atoms. The fraction of sp³-hybridized carbons (Fsp3) is 0.923. The fourth-order valence-electron chi connectivity index (χ4n) is 3.29. The molecule has 108 valence electrons. The number of ether oxygens (including phenoxy) is 3. The third-order valence-corrected chi connectivity index (χ3v) is 4.54. The van der Waals surface area contributed by atoms with E-state index in [0.717, 1.165) is 6.42 Å². The van der Waals surface area contributed by atoms with Gasteiger partial charge in [-0.25, -0.2) is 0 Å². The minimum Gasteiger partial charge on any atom is -0.385 e. The zero-order valence-electron chi connectivity index (χ0n) is 11.5. The van der Waals surface area contributed by atoms with Gasteiger partial charge in [0, 0.05) is 25.6 Å². The van der Waals surface area contributed by atoms with Crippen LogP contribution in [0, 0.1) is 11.8 Å². The average molecular weight is 272 g/mol. The molecule has 0 saturated carbocycles. The van der Waals surface area contributed by atoms with Crippen molar-refractivity contribution in [2.75, 3.05) is 13.7 Å². The van der Waals surface area contributed by atoms with E-state index in [-0.39, 0.29) is 23.7 Å². The van der Waals surface area contributed by atoms with Crippen LogP contribution in [0.5, 0.6) is 0 Å². The third kappa shape index (κ3) is 1.86. The molecule has 0 aromatic heterocycles. The van der Waals surface area contributed by atoms with E-state index in [0.29, 0.717) is 13.0 Å². The summed E-state index contributed by atoms with van der Waals surface area (Å²) in [7, 11) is 1.65. The van der Waals surface area contributed by atoms with E-state index in [2.05, 4.69) is 0 Å². The maximum atomic E-state index is 12.4. The van der Waals surface area contributed by atoms with Crippen LogP contribution in [-0.2, 0) is 28.8 Å². The standard InChI is InChI=1S/C13H20O6/c1-7-9(14)8(2)13(5-4-6-15-3)12-16-11(18-19-12)10(7)17-13/h7-8,10-12H,4-6H2,1-3H3/t7-,8+,10+,11+,12-,13-/m0/s1. The summed E-state index contributed by atoms with van der Waals surface area (Å²) in [4.78, 5) is 22.8. The summed E-state index contributed by atoms with van der Waals surface area (Å²) < 4.78 is 17.0. The predicted octanol–water partition coefficient (Wildman–Crippen LogP) is 1.04. The van der Waals surface area contributed by atoms with Gasteiger partial charge in [0.05, 0.1) is 0 Å². The second kappa shape index (κ2) is 4.79. The second-order valence-electron chi connectivity index (χ2n) is 5.58. The van der Waals surface area contributed by atoms with Crippen molar-refractivity contribution in [3.05, 3.63) is 0 Å². The molecule has 3 aliphatic heterocycles. The van der Waals surface area contributed by atoms with Gasteiger partial charge in [-0.1, -0.05) is 13.8 Å². The summed E-state index contributed by atoms with van der Waals surface area (Å²) >= 11 is 0. The topological polar surface area (TPSA) is 63.2 Å². The molecule has 0 aliphatic carbocycles. The Labute approximate surface area is 112 Å². The summed E-state index contributed by atoms with van der Waals surface area (Å²) in [6.07, 6.45) is -0.171. The molecule has 6 atom stereocenters. The van der Waals surface area contributed by atoms with Crippen LogP contribution in [0.1, 0.15) is 26.7 Å². The Morgan fingerprint density at radius 3 is 2.84 bits per heavy atom. The lowest BCUT2D eigenvalue weighted by Crippen LogP contribution is -2.66. The maximum absolute atomic E-state index is 12.4. The first kappa shape index (κ1) is 13.5. The number of fused-ring (bicyclic) bond motifs is 6. The van der Waals surface area contributed by atoms with Crippen molar-refractivity contribution in [3.8, 4) is 0 Å². The molecule has 6 nitrogen and oxygen atoms in total. The molecule has 6 heteroatoms. The van der Waals surface area contributed by atoms with Gasteiger partial charge in [-0.3, -0.25) is 4.79 Å². The van der Waals surface area contributed by atoms with Gasteiger partial charge in [-0.15, -0.1) is 0 Å². The number of Topliss-reactive ketones (excluding diaryl/α,β-unsaturated/α-hetero) is 1. The van der Waals surface area contributed by atoms with Crippen LogP contribution in [0.25, 0.3) is 0 Å². The van der Waals surface area contributed by atoms with Gasteiger partial charge in [0.25, 0.3) is 0 Å². The van der Waals surface area contributed by atoms with Gasteiger partial charge in [0.1, 0.15) is 17.5 Å². The normalized spacial score (nSPS) is 48.6. The van der Waals surface area contributed by atoms with Crippen molar-refractivity contribution >= 4 is 5.78 Å². The van der Waals surface area contributed by atoms with Gasteiger partial charge in [0.15, 0.2) is 0 Å². The predicted molar refractivity (Wildman–Crippen MR) is 62.9 cm³/mol. The number of hydrogen-bond donors (Lipinski definition) is 0. The lowest BCUT2D eigenvalue weighted by Gasteiger charge is -2.51. The third-order valence-electron chi connectivity index (χ3n) is 4.54. The number of methoxy groups -OCH3 is 1. The van der Waals surface area contributed by atoms with Crippen LogP contribution in [0.2, 0.25) is 0 Å².